The van der Waals surface area contributed by atoms with Gasteiger partial charge in [-0.1, -0.05) is 25.0 Å². The van der Waals surface area contributed by atoms with Crippen molar-refractivity contribution in [3.05, 3.63) is 29.8 Å². The number of anilines is 1. The molecule has 2 rings (SSSR count). The number of rotatable bonds is 13. The lowest BCUT2D eigenvalue weighted by Gasteiger charge is -2.30. The molecule has 168 valence electrons. The zero-order valence-corrected chi connectivity index (χ0v) is 18.0. The minimum Gasteiger partial charge on any atom is -0.479 e. The molecule has 1 fully saturated rings. The van der Waals surface area contributed by atoms with Crippen molar-refractivity contribution in [3.8, 4) is 0 Å². The number of benzene rings is 1. The van der Waals surface area contributed by atoms with Gasteiger partial charge in [-0.15, -0.1) is 0 Å². The van der Waals surface area contributed by atoms with E-state index < -0.39 is 24.1 Å². The number of nitrogens with zero attached hydrogens (tertiary/aromatic N) is 2. The second kappa shape index (κ2) is 11.3. The molecule has 0 radical (unpaired) electrons. The number of aliphatic hydroxyl groups excluding tert-OH is 2. The van der Waals surface area contributed by atoms with Gasteiger partial charge in [-0.25, -0.2) is 4.79 Å². The minimum absolute atomic E-state index is 0.0767. The van der Waals surface area contributed by atoms with Crippen LogP contribution in [0.2, 0.25) is 0 Å². The maximum absolute atomic E-state index is 12.8. The van der Waals surface area contributed by atoms with Gasteiger partial charge >= 0.3 is 5.97 Å². The molecule has 8 heteroatoms. The summed E-state index contributed by atoms with van der Waals surface area (Å²) in [5, 5.41) is 28.9. The second-order valence-electron chi connectivity index (χ2n) is 7.98. The van der Waals surface area contributed by atoms with E-state index in [0.29, 0.717) is 12.5 Å². The van der Waals surface area contributed by atoms with Crippen LogP contribution in [-0.4, -0.2) is 77.3 Å². The number of amides is 1. The summed E-state index contributed by atoms with van der Waals surface area (Å²) in [6.45, 7) is 4.13. The quantitative estimate of drug-likeness (QED) is 0.413. The number of ether oxygens (including phenoxy) is 1. The number of carboxylic acids is 1. The molecule has 1 saturated carbocycles. The normalized spacial score (nSPS) is 16.6. The Labute approximate surface area is 178 Å². The molecule has 30 heavy (non-hydrogen) atoms. The Morgan fingerprint density at radius 1 is 1.23 bits per heavy atom. The van der Waals surface area contributed by atoms with Gasteiger partial charge in [-0.2, -0.15) is 0 Å². The van der Waals surface area contributed by atoms with Gasteiger partial charge in [0.15, 0.2) is 6.10 Å². The number of carbonyl (C=O) groups excluding carboxylic acids is 1. The van der Waals surface area contributed by atoms with Crippen molar-refractivity contribution in [2.24, 2.45) is 5.92 Å². The average Bonchev–Trinajstić information content (AvgIpc) is 3.55. The van der Waals surface area contributed by atoms with Gasteiger partial charge < -0.3 is 29.9 Å². The van der Waals surface area contributed by atoms with E-state index in [0.717, 1.165) is 30.5 Å². The molecule has 3 atom stereocenters. The zero-order chi connectivity index (χ0) is 22.3. The molecule has 1 aromatic rings. The summed E-state index contributed by atoms with van der Waals surface area (Å²) >= 11 is 0. The minimum atomic E-state index is -1.19. The predicted octanol–water partition coefficient (Wildman–Crippen LogP) is 1.48. The van der Waals surface area contributed by atoms with E-state index in [1.54, 1.807) is 11.9 Å². The van der Waals surface area contributed by atoms with E-state index in [1.165, 1.54) is 11.8 Å². The molecule has 3 N–H and O–H groups in total. The number of hydrogen-bond donors (Lipinski definition) is 3. The highest BCUT2D eigenvalue weighted by atomic mass is 16.5. The molecule has 1 aliphatic carbocycles. The Hall–Kier alpha value is -2.16. The number of hydrogen-bond acceptors (Lipinski definition) is 6. The van der Waals surface area contributed by atoms with Crippen LogP contribution < -0.4 is 4.90 Å². The van der Waals surface area contributed by atoms with Gasteiger partial charge in [0.25, 0.3) is 5.91 Å². The third-order valence-electron chi connectivity index (χ3n) is 5.65. The summed E-state index contributed by atoms with van der Waals surface area (Å²) < 4.78 is 5.42. The Balaban J connectivity index is 1.96. The first-order valence-corrected chi connectivity index (χ1v) is 10.5. The smallest absolute Gasteiger partial charge is 0.332 e. The molecular weight excluding hydrogens is 388 g/mol. The number of aliphatic hydroxyl groups is 2. The third kappa shape index (κ3) is 6.97. The first-order valence-electron chi connectivity index (χ1n) is 10.5. The average molecular weight is 423 g/mol. The number of aliphatic carboxylic acids is 1. The highest BCUT2D eigenvalue weighted by Crippen LogP contribution is 2.34. The molecule has 0 saturated heterocycles. The van der Waals surface area contributed by atoms with E-state index in [1.807, 2.05) is 31.2 Å². The zero-order valence-electron chi connectivity index (χ0n) is 18.0. The Morgan fingerprint density at radius 2 is 1.87 bits per heavy atom. The summed E-state index contributed by atoms with van der Waals surface area (Å²) in [4.78, 5) is 27.1. The van der Waals surface area contributed by atoms with Crippen molar-refractivity contribution in [2.45, 2.75) is 57.8 Å². The maximum Gasteiger partial charge on any atom is 0.332 e. The second-order valence-corrected chi connectivity index (χ2v) is 7.98. The maximum atomic E-state index is 12.8. The highest BCUT2D eigenvalue weighted by Gasteiger charge is 2.32. The first kappa shape index (κ1) is 24.1. The van der Waals surface area contributed by atoms with Crippen molar-refractivity contribution in [3.63, 3.8) is 0 Å². The summed E-state index contributed by atoms with van der Waals surface area (Å²) in [7, 11) is 1.64. The standard InChI is InChI=1S/C22H34N2O6/c1-4-24(14-25)18-9-7-17(8-10-18)12-20(26)21(27)23(3)19(11-16-5-6-16)13-30-15(2)22(28)29/h7-10,15-16,19-20,25-26H,4-6,11-14H2,1-3H3,(H,28,29)/t15-,19+,20-/m1/s1. The summed E-state index contributed by atoms with van der Waals surface area (Å²) in [5.74, 6) is -0.922. The van der Waals surface area contributed by atoms with Crippen LogP contribution in [0.5, 0.6) is 0 Å². The fourth-order valence-electron chi connectivity index (χ4n) is 3.34. The SMILES string of the molecule is CCN(CO)c1ccc(C[C@@H](O)C(=O)N(C)[C@H](CO[C@H](C)C(=O)O)CC2CC2)cc1. The monoisotopic (exact) mass is 422 g/mol. The number of likely N-dealkylation sites (N-methyl/N-ethyl adjacent to an activating group) is 1. The van der Waals surface area contributed by atoms with Crippen molar-refractivity contribution in [1.82, 2.24) is 4.90 Å². The van der Waals surface area contributed by atoms with Crippen LogP contribution in [0.15, 0.2) is 24.3 Å². The summed E-state index contributed by atoms with van der Waals surface area (Å²) in [6.07, 6.45) is 0.982. The van der Waals surface area contributed by atoms with E-state index in [9.17, 15) is 19.8 Å². The lowest BCUT2D eigenvalue weighted by molar-refractivity contribution is -0.151. The van der Waals surface area contributed by atoms with Gasteiger partial charge in [-0.3, -0.25) is 4.79 Å². The van der Waals surface area contributed by atoms with Crippen LogP contribution in [0.3, 0.4) is 0 Å². The molecule has 0 spiro atoms. The molecule has 1 amide bonds. The Morgan fingerprint density at radius 3 is 2.37 bits per heavy atom. The molecular formula is C22H34N2O6. The molecule has 1 aromatic carbocycles. The van der Waals surface area contributed by atoms with Crippen LogP contribution in [0.4, 0.5) is 5.69 Å². The molecule has 0 aromatic heterocycles. The van der Waals surface area contributed by atoms with Gasteiger partial charge in [0.05, 0.1) is 12.6 Å². The fraction of sp³-hybridized carbons (Fsp3) is 0.636. The summed E-state index contributed by atoms with van der Waals surface area (Å²) in [6, 6.07) is 7.11. The van der Waals surface area contributed by atoms with Crippen molar-refractivity contribution in [1.29, 1.82) is 0 Å². The van der Waals surface area contributed by atoms with Crippen molar-refractivity contribution < 1.29 is 29.6 Å². The van der Waals surface area contributed by atoms with E-state index in [-0.39, 0.29) is 25.8 Å². The van der Waals surface area contributed by atoms with Crippen LogP contribution in [0.25, 0.3) is 0 Å². The van der Waals surface area contributed by atoms with Crippen LogP contribution >= 0.6 is 0 Å². The summed E-state index contributed by atoms with van der Waals surface area (Å²) in [5.41, 5.74) is 1.69. The predicted molar refractivity (Wildman–Crippen MR) is 113 cm³/mol. The van der Waals surface area contributed by atoms with Crippen LogP contribution in [0.1, 0.15) is 38.7 Å². The van der Waals surface area contributed by atoms with Crippen LogP contribution in [0, 0.1) is 5.92 Å². The molecule has 0 bridgehead atoms. The highest BCUT2D eigenvalue weighted by molar-refractivity contribution is 5.81. The lowest BCUT2D eigenvalue weighted by atomic mass is 10.0. The fourth-order valence-corrected chi connectivity index (χ4v) is 3.34. The largest absolute Gasteiger partial charge is 0.479 e. The van der Waals surface area contributed by atoms with Gasteiger partial charge in [0.1, 0.15) is 12.8 Å². The molecule has 0 unspecified atom stereocenters. The molecule has 1 aliphatic rings. The van der Waals surface area contributed by atoms with Gasteiger partial charge in [-0.05, 0) is 43.9 Å². The van der Waals surface area contributed by atoms with E-state index in [4.69, 9.17) is 9.84 Å². The lowest BCUT2D eigenvalue weighted by Crippen LogP contribution is -2.46. The first-order chi connectivity index (χ1) is 14.3. The van der Waals surface area contributed by atoms with Crippen LogP contribution in [-0.2, 0) is 20.7 Å². The van der Waals surface area contributed by atoms with E-state index in [2.05, 4.69) is 0 Å². The van der Waals surface area contributed by atoms with Gasteiger partial charge in [0, 0.05) is 25.7 Å². The molecule has 0 heterocycles. The van der Waals surface area contributed by atoms with Crippen molar-refractivity contribution >= 4 is 17.6 Å². The Kier molecular flexibility index (Phi) is 9.08. The topological polar surface area (TPSA) is 111 Å². The number of carbonyl (C=O) groups is 2. The van der Waals surface area contributed by atoms with Gasteiger partial charge in [0.2, 0.25) is 0 Å². The number of carboxylic acid groups (broad SMARTS) is 1. The van der Waals surface area contributed by atoms with E-state index >= 15 is 0 Å². The third-order valence-corrected chi connectivity index (χ3v) is 5.65. The Bertz CT molecular complexity index is 687. The molecule has 8 nitrogen and oxygen atoms in total. The van der Waals surface area contributed by atoms with Crippen molar-refractivity contribution in [2.75, 3.05) is 31.8 Å². The molecule has 0 aliphatic heterocycles.